The Hall–Kier alpha value is -2.04. The SMILES string of the molecule is Cc1cc(C)n(CCCC(=O)N2CCCCC2c2ccc(C)o2)n1. The molecule has 2 aromatic heterocycles. The molecule has 24 heavy (non-hydrogen) atoms. The standard InChI is InChI=1S/C19H27N3O2/c1-14-13-15(2)22(20-14)12-6-8-19(23)21-11-5-4-7-17(21)18-10-9-16(3)24-18/h9-10,13,17H,4-8,11-12H2,1-3H3. The molecule has 0 spiro atoms. The molecule has 1 aliphatic heterocycles. The summed E-state index contributed by atoms with van der Waals surface area (Å²) in [6.07, 6.45) is 4.62. The first kappa shape index (κ1) is 16.8. The number of aryl methyl sites for hydroxylation is 4. The molecule has 3 heterocycles. The Labute approximate surface area is 143 Å². The van der Waals surface area contributed by atoms with Crippen LogP contribution >= 0.6 is 0 Å². The normalized spacial score (nSPS) is 18.1. The van der Waals surface area contributed by atoms with Crippen molar-refractivity contribution in [1.82, 2.24) is 14.7 Å². The van der Waals surface area contributed by atoms with Crippen LogP contribution in [0.4, 0.5) is 0 Å². The van der Waals surface area contributed by atoms with E-state index in [-0.39, 0.29) is 11.9 Å². The molecule has 0 bridgehead atoms. The molecule has 1 atom stereocenters. The topological polar surface area (TPSA) is 51.3 Å². The van der Waals surface area contributed by atoms with Gasteiger partial charge in [0.25, 0.3) is 0 Å². The average molecular weight is 329 g/mol. The van der Waals surface area contributed by atoms with Gasteiger partial charge in [-0.15, -0.1) is 0 Å². The highest BCUT2D eigenvalue weighted by molar-refractivity contribution is 5.76. The van der Waals surface area contributed by atoms with Crippen molar-refractivity contribution in [3.8, 4) is 0 Å². The predicted octanol–water partition coefficient (Wildman–Crippen LogP) is 3.94. The average Bonchev–Trinajstić information content (AvgIpc) is 3.13. The lowest BCUT2D eigenvalue weighted by Gasteiger charge is -2.34. The summed E-state index contributed by atoms with van der Waals surface area (Å²) in [6.45, 7) is 7.64. The molecular formula is C19H27N3O2. The molecular weight excluding hydrogens is 302 g/mol. The summed E-state index contributed by atoms with van der Waals surface area (Å²) in [6, 6.07) is 6.17. The van der Waals surface area contributed by atoms with Crippen molar-refractivity contribution in [2.45, 2.75) is 65.5 Å². The predicted molar refractivity (Wildman–Crippen MR) is 92.7 cm³/mol. The molecule has 5 heteroatoms. The van der Waals surface area contributed by atoms with E-state index in [2.05, 4.69) is 18.1 Å². The first-order chi connectivity index (χ1) is 11.5. The molecule has 1 amide bonds. The Balaban J connectivity index is 1.59. The minimum Gasteiger partial charge on any atom is -0.464 e. The van der Waals surface area contributed by atoms with Crippen LogP contribution in [0.15, 0.2) is 22.6 Å². The smallest absolute Gasteiger partial charge is 0.223 e. The molecule has 5 nitrogen and oxygen atoms in total. The van der Waals surface area contributed by atoms with Crippen molar-refractivity contribution in [3.63, 3.8) is 0 Å². The van der Waals surface area contributed by atoms with Gasteiger partial charge >= 0.3 is 0 Å². The van der Waals surface area contributed by atoms with Crippen LogP contribution in [0.2, 0.25) is 0 Å². The fraction of sp³-hybridized carbons (Fsp3) is 0.579. The third-order valence-electron chi connectivity index (χ3n) is 4.78. The van der Waals surface area contributed by atoms with Crippen LogP contribution in [0.3, 0.4) is 0 Å². The Morgan fingerprint density at radius 1 is 1.29 bits per heavy atom. The van der Waals surface area contributed by atoms with Crippen LogP contribution in [0.25, 0.3) is 0 Å². The van der Waals surface area contributed by atoms with Gasteiger partial charge in [0.05, 0.1) is 11.7 Å². The second kappa shape index (κ2) is 7.24. The van der Waals surface area contributed by atoms with Crippen molar-refractivity contribution >= 4 is 5.91 Å². The number of carbonyl (C=O) groups is 1. The van der Waals surface area contributed by atoms with Crippen LogP contribution in [0, 0.1) is 20.8 Å². The highest BCUT2D eigenvalue weighted by Crippen LogP contribution is 2.32. The lowest BCUT2D eigenvalue weighted by atomic mass is 9.99. The van der Waals surface area contributed by atoms with E-state index in [1.807, 2.05) is 35.6 Å². The molecule has 2 aromatic rings. The van der Waals surface area contributed by atoms with Crippen molar-refractivity contribution in [3.05, 3.63) is 41.1 Å². The Morgan fingerprint density at radius 2 is 2.12 bits per heavy atom. The van der Waals surface area contributed by atoms with E-state index in [0.29, 0.717) is 6.42 Å². The summed E-state index contributed by atoms with van der Waals surface area (Å²) in [7, 11) is 0. The number of hydrogen-bond acceptors (Lipinski definition) is 3. The van der Waals surface area contributed by atoms with E-state index >= 15 is 0 Å². The lowest BCUT2D eigenvalue weighted by Crippen LogP contribution is -2.38. The van der Waals surface area contributed by atoms with Gasteiger partial charge in [-0.2, -0.15) is 5.10 Å². The molecule has 130 valence electrons. The van der Waals surface area contributed by atoms with E-state index in [0.717, 1.165) is 61.7 Å². The quantitative estimate of drug-likeness (QED) is 0.835. The third-order valence-corrected chi connectivity index (χ3v) is 4.78. The number of piperidine rings is 1. The molecule has 0 radical (unpaired) electrons. The number of likely N-dealkylation sites (tertiary alicyclic amines) is 1. The van der Waals surface area contributed by atoms with Gasteiger partial charge in [-0.05, 0) is 64.7 Å². The fourth-order valence-electron chi connectivity index (χ4n) is 3.58. The maximum atomic E-state index is 12.7. The molecule has 3 rings (SSSR count). The zero-order valence-corrected chi connectivity index (χ0v) is 14.9. The molecule has 0 aliphatic carbocycles. The van der Waals surface area contributed by atoms with Crippen LogP contribution in [0.1, 0.15) is 61.1 Å². The fourth-order valence-corrected chi connectivity index (χ4v) is 3.58. The molecule has 1 aliphatic rings. The number of aromatic nitrogens is 2. The summed E-state index contributed by atoms with van der Waals surface area (Å²) in [4.78, 5) is 14.7. The van der Waals surface area contributed by atoms with Gasteiger partial charge < -0.3 is 9.32 Å². The van der Waals surface area contributed by atoms with Crippen LogP contribution in [-0.4, -0.2) is 27.1 Å². The molecule has 0 N–H and O–H groups in total. The van der Waals surface area contributed by atoms with E-state index in [1.54, 1.807) is 0 Å². The van der Waals surface area contributed by atoms with Crippen molar-refractivity contribution in [2.75, 3.05) is 6.54 Å². The molecule has 1 fully saturated rings. The number of furan rings is 1. The van der Waals surface area contributed by atoms with Gasteiger partial charge in [-0.1, -0.05) is 0 Å². The van der Waals surface area contributed by atoms with Gasteiger partial charge in [-0.25, -0.2) is 0 Å². The minimum absolute atomic E-state index is 0.105. The Morgan fingerprint density at radius 3 is 2.79 bits per heavy atom. The van der Waals surface area contributed by atoms with Gasteiger partial charge in [0.1, 0.15) is 11.5 Å². The van der Waals surface area contributed by atoms with Gasteiger partial charge in [0, 0.05) is 25.2 Å². The van der Waals surface area contributed by atoms with Crippen molar-refractivity contribution < 1.29 is 9.21 Å². The Kier molecular flexibility index (Phi) is 5.07. The highest BCUT2D eigenvalue weighted by atomic mass is 16.3. The minimum atomic E-state index is 0.105. The summed E-state index contributed by atoms with van der Waals surface area (Å²) < 4.78 is 7.78. The van der Waals surface area contributed by atoms with Gasteiger partial charge in [0.15, 0.2) is 0 Å². The zero-order chi connectivity index (χ0) is 17.1. The molecule has 1 saturated heterocycles. The Bertz CT molecular complexity index is 701. The summed E-state index contributed by atoms with van der Waals surface area (Å²) in [5.74, 6) is 2.07. The molecule has 0 aromatic carbocycles. The maximum absolute atomic E-state index is 12.7. The first-order valence-corrected chi connectivity index (χ1v) is 8.91. The lowest BCUT2D eigenvalue weighted by molar-refractivity contribution is -0.135. The maximum Gasteiger partial charge on any atom is 0.223 e. The first-order valence-electron chi connectivity index (χ1n) is 8.91. The summed E-state index contributed by atoms with van der Waals surface area (Å²) in [5, 5.41) is 4.46. The summed E-state index contributed by atoms with van der Waals surface area (Å²) in [5.41, 5.74) is 2.19. The van der Waals surface area contributed by atoms with Crippen molar-refractivity contribution in [1.29, 1.82) is 0 Å². The van der Waals surface area contributed by atoms with Crippen LogP contribution in [0.5, 0.6) is 0 Å². The van der Waals surface area contributed by atoms with E-state index in [4.69, 9.17) is 4.42 Å². The number of nitrogens with zero attached hydrogens (tertiary/aromatic N) is 3. The second-order valence-electron chi connectivity index (χ2n) is 6.80. The van der Waals surface area contributed by atoms with E-state index < -0.39 is 0 Å². The number of rotatable bonds is 5. The van der Waals surface area contributed by atoms with Crippen molar-refractivity contribution in [2.24, 2.45) is 0 Å². The second-order valence-corrected chi connectivity index (χ2v) is 6.80. The molecule has 0 saturated carbocycles. The zero-order valence-electron chi connectivity index (χ0n) is 14.9. The van der Waals surface area contributed by atoms with E-state index in [9.17, 15) is 4.79 Å². The van der Waals surface area contributed by atoms with Gasteiger partial charge in [-0.3, -0.25) is 9.48 Å². The van der Waals surface area contributed by atoms with E-state index in [1.165, 1.54) is 0 Å². The number of hydrogen-bond donors (Lipinski definition) is 0. The largest absolute Gasteiger partial charge is 0.464 e. The number of carbonyl (C=O) groups excluding carboxylic acids is 1. The van der Waals surface area contributed by atoms with Crippen LogP contribution < -0.4 is 0 Å². The van der Waals surface area contributed by atoms with Crippen LogP contribution in [-0.2, 0) is 11.3 Å². The monoisotopic (exact) mass is 329 g/mol. The summed E-state index contributed by atoms with van der Waals surface area (Å²) >= 11 is 0. The van der Waals surface area contributed by atoms with Gasteiger partial charge in [0.2, 0.25) is 5.91 Å². The molecule has 1 unspecified atom stereocenters. The third kappa shape index (κ3) is 3.71. The highest BCUT2D eigenvalue weighted by Gasteiger charge is 2.29. The number of amides is 1.